The maximum absolute atomic E-state index is 13.9. The van der Waals surface area contributed by atoms with Gasteiger partial charge in [0.1, 0.15) is 15.8 Å². The van der Waals surface area contributed by atoms with E-state index in [0.29, 0.717) is 22.3 Å². The van der Waals surface area contributed by atoms with Crippen molar-refractivity contribution in [2.24, 2.45) is 11.8 Å². The van der Waals surface area contributed by atoms with Gasteiger partial charge >= 0.3 is 6.18 Å². The molecule has 0 unspecified atom stereocenters. The number of hydrogen-bond donors (Lipinski definition) is 1. The lowest BCUT2D eigenvalue weighted by Crippen LogP contribution is -2.57. The second-order valence-corrected chi connectivity index (χ2v) is 11.0. The minimum absolute atomic E-state index is 0.115. The monoisotopic (exact) mass is 558 g/mol. The number of halogens is 5. The molecule has 3 aliphatic carbocycles. The van der Waals surface area contributed by atoms with Crippen LogP contribution in [0.2, 0.25) is 0 Å². The molecule has 2 bridgehead atoms. The Morgan fingerprint density at radius 1 is 0.842 bits per heavy atom. The van der Waals surface area contributed by atoms with Crippen LogP contribution in [-0.4, -0.2) is 28.7 Å². The van der Waals surface area contributed by atoms with Crippen LogP contribution < -0.4 is 5.32 Å². The van der Waals surface area contributed by atoms with Crippen molar-refractivity contribution in [1.82, 2.24) is 4.90 Å². The predicted octanol–water partition coefficient (Wildman–Crippen LogP) is 5.63. The van der Waals surface area contributed by atoms with Gasteiger partial charge in [0.05, 0.1) is 17.4 Å². The molecule has 0 saturated carbocycles. The number of hydrogen-bond acceptors (Lipinski definition) is 3. The number of anilines is 1. The van der Waals surface area contributed by atoms with E-state index in [-0.39, 0.29) is 5.69 Å². The Bertz CT molecular complexity index is 1420. The lowest BCUT2D eigenvalue weighted by Gasteiger charge is -2.54. The third-order valence-electron chi connectivity index (χ3n) is 7.84. The summed E-state index contributed by atoms with van der Waals surface area (Å²) < 4.78 is 39.4. The molecular weight excluding hydrogens is 540 g/mol. The average Bonchev–Trinajstić information content (AvgIpc) is 3.17. The fourth-order valence-electron chi connectivity index (χ4n) is 6.21. The van der Waals surface area contributed by atoms with E-state index in [9.17, 15) is 27.6 Å². The van der Waals surface area contributed by atoms with Gasteiger partial charge < -0.3 is 5.32 Å². The largest absolute Gasteiger partial charge is 0.416 e. The SMILES string of the molecule is C[C@H](C(=O)Nc1cccc(C(F)(F)F)c1)N1C(=O)[C@H]2[C@H](C1=O)C1(Cl)c3ccccc3C2(Cl)c2ccccc21. The highest BCUT2D eigenvalue weighted by Gasteiger charge is 2.73. The molecule has 3 atom stereocenters. The summed E-state index contributed by atoms with van der Waals surface area (Å²) in [5.41, 5.74) is 1.45. The van der Waals surface area contributed by atoms with Crippen LogP contribution in [0.15, 0.2) is 72.8 Å². The average molecular weight is 559 g/mol. The van der Waals surface area contributed by atoms with E-state index >= 15 is 0 Å². The number of benzene rings is 3. The number of carbonyl (C=O) groups excluding carboxylic acids is 3. The zero-order chi connectivity index (χ0) is 27.2. The van der Waals surface area contributed by atoms with Crippen molar-refractivity contribution in [1.29, 1.82) is 0 Å². The number of likely N-dealkylation sites (tertiary alicyclic amines) is 1. The zero-order valence-electron chi connectivity index (χ0n) is 19.7. The molecule has 5 nitrogen and oxygen atoms in total. The zero-order valence-corrected chi connectivity index (χ0v) is 21.2. The van der Waals surface area contributed by atoms with Crippen LogP contribution in [0.25, 0.3) is 0 Å². The maximum atomic E-state index is 13.9. The van der Waals surface area contributed by atoms with Gasteiger partial charge in [0.25, 0.3) is 0 Å². The number of imide groups is 1. The highest BCUT2D eigenvalue weighted by Crippen LogP contribution is 2.69. The van der Waals surface area contributed by atoms with Crippen LogP contribution in [0, 0.1) is 11.8 Å². The molecule has 10 heteroatoms. The standard InChI is InChI=1S/C28H19Cl2F3N2O3/c1-14(23(36)34-16-8-6-7-15(13-16)28(31,32)33)35-24(37)21-22(25(35)38)27(30)18-10-3-2-9-17(18)26(21,29)19-11-4-5-12-20(19)27/h2-14,21-22H,1H3,(H,34,36)/t14-,21-,22-,26?,27?/m1/s1. The summed E-state index contributed by atoms with van der Waals surface area (Å²) in [7, 11) is 0. The van der Waals surface area contributed by atoms with Gasteiger partial charge in [-0.05, 0) is 47.4 Å². The third-order valence-corrected chi connectivity index (χ3v) is 9.13. The second-order valence-electron chi connectivity index (χ2n) is 9.76. The summed E-state index contributed by atoms with van der Waals surface area (Å²) in [5, 5.41) is 2.39. The molecule has 0 radical (unpaired) electrons. The van der Waals surface area contributed by atoms with Crippen LogP contribution >= 0.6 is 23.2 Å². The van der Waals surface area contributed by atoms with Crippen LogP contribution in [-0.2, 0) is 30.3 Å². The predicted molar refractivity (Wildman–Crippen MR) is 135 cm³/mol. The van der Waals surface area contributed by atoms with Gasteiger partial charge in [0.2, 0.25) is 17.7 Å². The molecule has 4 aliphatic rings. The Hall–Kier alpha value is -3.36. The van der Waals surface area contributed by atoms with Gasteiger partial charge in [-0.15, -0.1) is 23.2 Å². The lowest BCUT2D eigenvalue weighted by atomic mass is 9.54. The maximum Gasteiger partial charge on any atom is 0.416 e. The molecule has 1 aliphatic heterocycles. The van der Waals surface area contributed by atoms with E-state index in [1.807, 2.05) is 0 Å². The Morgan fingerprint density at radius 2 is 1.29 bits per heavy atom. The highest BCUT2D eigenvalue weighted by molar-refractivity contribution is 6.36. The van der Waals surface area contributed by atoms with Gasteiger partial charge in [-0.25, -0.2) is 0 Å². The van der Waals surface area contributed by atoms with Gasteiger partial charge in [0.15, 0.2) is 0 Å². The molecule has 1 N–H and O–H groups in total. The van der Waals surface area contributed by atoms with E-state index in [0.717, 1.165) is 23.1 Å². The summed E-state index contributed by atoms with van der Waals surface area (Å²) in [4.78, 5) is 39.0. The van der Waals surface area contributed by atoms with Crippen molar-refractivity contribution in [3.05, 3.63) is 101 Å². The van der Waals surface area contributed by atoms with Crippen molar-refractivity contribution in [2.75, 3.05) is 5.32 Å². The van der Waals surface area contributed by atoms with Crippen LogP contribution in [0.1, 0.15) is 34.7 Å². The molecule has 38 heavy (non-hydrogen) atoms. The molecule has 3 aromatic rings. The smallest absolute Gasteiger partial charge is 0.324 e. The van der Waals surface area contributed by atoms with Gasteiger partial charge in [-0.3, -0.25) is 19.3 Å². The van der Waals surface area contributed by atoms with Gasteiger partial charge in [-0.1, -0.05) is 54.6 Å². The Morgan fingerprint density at radius 3 is 1.71 bits per heavy atom. The quantitative estimate of drug-likeness (QED) is 0.335. The molecule has 0 aromatic heterocycles. The summed E-state index contributed by atoms with van der Waals surface area (Å²) in [6.45, 7) is 1.35. The van der Waals surface area contributed by atoms with Crippen LogP contribution in [0.3, 0.4) is 0 Å². The van der Waals surface area contributed by atoms with E-state index < -0.39 is 57.1 Å². The number of nitrogens with one attached hydrogen (secondary N) is 1. The molecule has 194 valence electrons. The highest BCUT2D eigenvalue weighted by atomic mass is 35.5. The molecule has 7 rings (SSSR count). The number of alkyl halides is 5. The van der Waals surface area contributed by atoms with E-state index in [4.69, 9.17) is 23.2 Å². The summed E-state index contributed by atoms with van der Waals surface area (Å²) in [6, 6.07) is 17.1. The molecule has 3 amide bonds. The number of nitrogens with zero attached hydrogens (tertiary/aromatic N) is 1. The van der Waals surface area contributed by atoms with Crippen molar-refractivity contribution in [2.45, 2.75) is 28.9 Å². The van der Waals surface area contributed by atoms with Crippen LogP contribution in [0.4, 0.5) is 18.9 Å². The Kier molecular flexibility index (Phi) is 5.30. The van der Waals surface area contributed by atoms with Crippen molar-refractivity contribution in [3.8, 4) is 0 Å². The van der Waals surface area contributed by atoms with E-state index in [1.165, 1.54) is 13.0 Å². The molecule has 3 aromatic carbocycles. The van der Waals surface area contributed by atoms with Crippen LogP contribution in [0.5, 0.6) is 0 Å². The Labute approximate surface area is 225 Å². The van der Waals surface area contributed by atoms with Gasteiger partial charge in [0, 0.05) is 5.69 Å². The number of carbonyl (C=O) groups is 3. The third kappa shape index (κ3) is 3.10. The molecule has 0 spiro atoms. The van der Waals surface area contributed by atoms with E-state index in [1.54, 1.807) is 48.5 Å². The fraction of sp³-hybridized carbons (Fsp3) is 0.250. The van der Waals surface area contributed by atoms with E-state index in [2.05, 4.69) is 5.32 Å². The first-order chi connectivity index (χ1) is 17.9. The normalized spacial score (nSPS) is 28.0. The molecular formula is C28H19Cl2F3N2O3. The molecule has 1 heterocycles. The fourth-order valence-corrected chi connectivity index (χ4v) is 7.31. The summed E-state index contributed by atoms with van der Waals surface area (Å²) >= 11 is 14.7. The summed E-state index contributed by atoms with van der Waals surface area (Å²) in [5.74, 6) is -4.30. The first-order valence-corrected chi connectivity index (χ1v) is 12.6. The topological polar surface area (TPSA) is 66.5 Å². The first kappa shape index (κ1) is 24.9. The minimum atomic E-state index is -4.60. The minimum Gasteiger partial charge on any atom is -0.324 e. The number of rotatable bonds is 3. The lowest BCUT2D eigenvalue weighted by molar-refractivity contribution is -0.146. The molecule has 1 saturated heterocycles. The molecule has 1 fully saturated rings. The Balaban J connectivity index is 1.40. The first-order valence-electron chi connectivity index (χ1n) is 11.8. The number of amides is 3. The summed E-state index contributed by atoms with van der Waals surface area (Å²) in [6.07, 6.45) is -4.60. The second kappa shape index (κ2) is 8.07. The van der Waals surface area contributed by atoms with Crippen molar-refractivity contribution in [3.63, 3.8) is 0 Å². The van der Waals surface area contributed by atoms with Crippen molar-refractivity contribution < 1.29 is 27.6 Å². The van der Waals surface area contributed by atoms with Crippen molar-refractivity contribution >= 4 is 46.6 Å². The van der Waals surface area contributed by atoms with Gasteiger partial charge in [-0.2, -0.15) is 13.2 Å².